The number of aliphatic hydroxyl groups excluding tert-OH is 1. The summed E-state index contributed by atoms with van der Waals surface area (Å²) in [5.74, 6) is -0.390. The van der Waals surface area contributed by atoms with Crippen molar-refractivity contribution >= 4 is 12.3 Å². The zero-order chi connectivity index (χ0) is 17.2. The van der Waals surface area contributed by atoms with Crippen molar-refractivity contribution in [1.29, 1.82) is 0 Å². The number of ether oxygens (including phenoxy) is 1. The highest BCUT2D eigenvalue weighted by atomic mass is 16.6. The van der Waals surface area contributed by atoms with Gasteiger partial charge in [0.25, 0.3) is 0 Å². The second-order valence-corrected chi connectivity index (χ2v) is 6.34. The molecule has 1 unspecified atom stereocenters. The van der Waals surface area contributed by atoms with E-state index in [1.807, 2.05) is 0 Å². The minimum atomic E-state index is -0.996. The first-order chi connectivity index (χ1) is 11.2. The third kappa shape index (κ3) is 15.8. The van der Waals surface area contributed by atoms with Gasteiger partial charge in [0.05, 0.1) is 6.61 Å². The van der Waals surface area contributed by atoms with Gasteiger partial charge in [-0.1, -0.05) is 84.0 Å². The Bertz CT molecular complexity index is 279. The van der Waals surface area contributed by atoms with Crippen molar-refractivity contribution in [2.24, 2.45) is 0 Å². The lowest BCUT2D eigenvalue weighted by Crippen LogP contribution is -2.23. The predicted molar refractivity (Wildman–Crippen MR) is 93.3 cm³/mol. The summed E-state index contributed by atoms with van der Waals surface area (Å²) in [6, 6.07) is 0. The van der Waals surface area contributed by atoms with Crippen molar-refractivity contribution in [3.8, 4) is 0 Å². The molecule has 0 amide bonds. The van der Waals surface area contributed by atoms with E-state index < -0.39 is 12.7 Å². The molecular formula is C19H36O4. The Morgan fingerprint density at radius 1 is 0.870 bits per heavy atom. The van der Waals surface area contributed by atoms with Crippen LogP contribution in [0.1, 0.15) is 96.8 Å². The summed E-state index contributed by atoms with van der Waals surface area (Å²) in [6.07, 6.45) is 16.2. The highest BCUT2D eigenvalue weighted by Gasteiger charge is 2.11. The van der Waals surface area contributed by atoms with Crippen molar-refractivity contribution in [2.75, 3.05) is 6.61 Å². The minimum Gasteiger partial charge on any atom is -0.452 e. The van der Waals surface area contributed by atoms with E-state index in [4.69, 9.17) is 9.84 Å². The van der Waals surface area contributed by atoms with Crippen molar-refractivity contribution in [3.05, 3.63) is 0 Å². The highest BCUT2D eigenvalue weighted by Crippen LogP contribution is 2.13. The number of aldehydes is 1. The number of unbranched alkanes of at least 4 members (excludes halogenated alkanes) is 12. The fraction of sp³-hybridized carbons (Fsp3) is 0.895. The first-order valence-electron chi connectivity index (χ1n) is 9.50. The molecule has 1 N–H and O–H groups in total. The molecule has 4 heteroatoms. The van der Waals surface area contributed by atoms with Gasteiger partial charge in [-0.2, -0.15) is 0 Å². The molecule has 0 saturated heterocycles. The zero-order valence-electron chi connectivity index (χ0n) is 14.9. The summed E-state index contributed by atoms with van der Waals surface area (Å²) in [6.45, 7) is 1.81. The van der Waals surface area contributed by atoms with Crippen LogP contribution in [-0.4, -0.2) is 30.1 Å². The molecule has 0 aliphatic carbocycles. The third-order valence-electron chi connectivity index (χ3n) is 4.10. The predicted octanol–water partition coefficient (Wildman–Crippen LogP) is 4.57. The number of carbonyl (C=O) groups is 2. The summed E-state index contributed by atoms with van der Waals surface area (Å²) in [7, 11) is 0. The number of esters is 1. The van der Waals surface area contributed by atoms with Gasteiger partial charge in [0.15, 0.2) is 12.4 Å². The molecule has 0 bridgehead atoms. The van der Waals surface area contributed by atoms with Crippen LogP contribution in [0.25, 0.3) is 0 Å². The lowest BCUT2D eigenvalue weighted by atomic mass is 10.0. The molecule has 0 fully saturated rings. The Labute approximate surface area is 142 Å². The number of hydrogen-bond donors (Lipinski definition) is 1. The van der Waals surface area contributed by atoms with E-state index in [9.17, 15) is 9.59 Å². The van der Waals surface area contributed by atoms with E-state index in [0.29, 0.717) is 12.7 Å². The molecule has 0 spiro atoms. The minimum absolute atomic E-state index is 0.335. The summed E-state index contributed by atoms with van der Waals surface area (Å²) in [4.78, 5) is 21.8. The van der Waals surface area contributed by atoms with Gasteiger partial charge >= 0.3 is 5.97 Å². The van der Waals surface area contributed by atoms with Crippen LogP contribution in [0.5, 0.6) is 0 Å². The van der Waals surface area contributed by atoms with Crippen LogP contribution in [0, 0.1) is 0 Å². The van der Waals surface area contributed by atoms with E-state index in [-0.39, 0.29) is 5.97 Å². The van der Waals surface area contributed by atoms with Crippen molar-refractivity contribution in [3.63, 3.8) is 0 Å². The molecule has 0 aromatic carbocycles. The standard InChI is InChI=1S/C19H36O4/c1-2-3-4-5-6-7-8-9-10-11-12-13-14-15-19(22)23-18(16-20)17-21/h16,18,21H,2-15,17H2,1H3. The molecule has 0 aromatic rings. The topological polar surface area (TPSA) is 63.6 Å². The zero-order valence-corrected chi connectivity index (χ0v) is 14.9. The molecule has 0 saturated carbocycles. The lowest BCUT2D eigenvalue weighted by molar-refractivity contribution is -0.153. The van der Waals surface area contributed by atoms with Crippen LogP contribution >= 0.6 is 0 Å². The molecule has 0 rings (SSSR count). The van der Waals surface area contributed by atoms with E-state index in [2.05, 4.69) is 6.92 Å². The maximum Gasteiger partial charge on any atom is 0.306 e. The number of hydrogen-bond acceptors (Lipinski definition) is 4. The Hall–Kier alpha value is -0.900. The third-order valence-corrected chi connectivity index (χ3v) is 4.10. The fourth-order valence-corrected chi connectivity index (χ4v) is 2.62. The van der Waals surface area contributed by atoms with Gasteiger partial charge < -0.3 is 9.84 Å². The lowest BCUT2D eigenvalue weighted by Gasteiger charge is -2.08. The summed E-state index contributed by atoms with van der Waals surface area (Å²) in [5.41, 5.74) is 0. The molecule has 4 nitrogen and oxygen atoms in total. The smallest absolute Gasteiger partial charge is 0.306 e. The maximum absolute atomic E-state index is 11.4. The van der Waals surface area contributed by atoms with Crippen LogP contribution in [0.2, 0.25) is 0 Å². The van der Waals surface area contributed by atoms with Crippen LogP contribution in [0.15, 0.2) is 0 Å². The van der Waals surface area contributed by atoms with E-state index in [1.54, 1.807) is 0 Å². The van der Waals surface area contributed by atoms with Crippen molar-refractivity contribution in [2.45, 2.75) is 103 Å². The van der Waals surface area contributed by atoms with E-state index in [0.717, 1.165) is 19.3 Å². The second kappa shape index (κ2) is 17.5. The average molecular weight is 328 g/mol. The average Bonchev–Trinajstić information content (AvgIpc) is 2.56. The van der Waals surface area contributed by atoms with Gasteiger partial charge in [0.1, 0.15) is 0 Å². The molecule has 136 valence electrons. The van der Waals surface area contributed by atoms with Crippen LogP contribution in [0.3, 0.4) is 0 Å². The summed E-state index contributed by atoms with van der Waals surface area (Å²) < 4.78 is 4.80. The molecule has 0 radical (unpaired) electrons. The van der Waals surface area contributed by atoms with Gasteiger partial charge in [0, 0.05) is 6.42 Å². The molecule has 0 aliphatic heterocycles. The SMILES string of the molecule is CCCCCCCCCCCCCCCC(=O)OC(C=O)CO. The van der Waals surface area contributed by atoms with Crippen molar-refractivity contribution in [1.82, 2.24) is 0 Å². The van der Waals surface area contributed by atoms with Crippen LogP contribution in [0.4, 0.5) is 0 Å². The van der Waals surface area contributed by atoms with Gasteiger partial charge in [0.2, 0.25) is 0 Å². The van der Waals surface area contributed by atoms with Gasteiger partial charge in [-0.05, 0) is 6.42 Å². The molecule has 0 heterocycles. The van der Waals surface area contributed by atoms with Crippen molar-refractivity contribution < 1.29 is 19.4 Å². The molecule has 1 atom stereocenters. The maximum atomic E-state index is 11.4. The Morgan fingerprint density at radius 3 is 1.70 bits per heavy atom. The van der Waals surface area contributed by atoms with Gasteiger partial charge in [-0.25, -0.2) is 0 Å². The second-order valence-electron chi connectivity index (χ2n) is 6.34. The number of carbonyl (C=O) groups excluding carboxylic acids is 2. The first kappa shape index (κ1) is 22.1. The molecule has 23 heavy (non-hydrogen) atoms. The molecular weight excluding hydrogens is 292 g/mol. The monoisotopic (exact) mass is 328 g/mol. The summed E-state index contributed by atoms with van der Waals surface area (Å²) in [5, 5.41) is 8.75. The number of aliphatic hydroxyl groups is 1. The number of rotatable bonds is 17. The highest BCUT2D eigenvalue weighted by molar-refractivity contribution is 5.72. The van der Waals surface area contributed by atoms with Crippen LogP contribution < -0.4 is 0 Å². The fourth-order valence-electron chi connectivity index (χ4n) is 2.62. The first-order valence-corrected chi connectivity index (χ1v) is 9.50. The Kier molecular flexibility index (Phi) is 16.8. The van der Waals surface area contributed by atoms with E-state index >= 15 is 0 Å². The van der Waals surface area contributed by atoms with Gasteiger partial charge in [-0.3, -0.25) is 9.59 Å². The molecule has 0 aromatic heterocycles. The van der Waals surface area contributed by atoms with Crippen LogP contribution in [-0.2, 0) is 14.3 Å². The Balaban J connectivity index is 3.21. The van der Waals surface area contributed by atoms with E-state index in [1.165, 1.54) is 64.2 Å². The van der Waals surface area contributed by atoms with Gasteiger partial charge in [-0.15, -0.1) is 0 Å². The molecule has 0 aliphatic rings. The normalized spacial score (nSPS) is 12.1. The Morgan fingerprint density at radius 2 is 1.30 bits per heavy atom. The largest absolute Gasteiger partial charge is 0.452 e. The summed E-state index contributed by atoms with van der Waals surface area (Å²) >= 11 is 0. The quantitative estimate of drug-likeness (QED) is 0.241.